The van der Waals surface area contributed by atoms with Gasteiger partial charge in [-0.25, -0.2) is 0 Å². The standard InChI is InChI=1S/C12H18ClNS/c1-12(2)5-3-8(14)7-10(12)9-4-6-15-11(9)13/h4,6,8,10H,3,5,7,14H2,1-2H3. The zero-order chi connectivity index (χ0) is 11.1. The summed E-state index contributed by atoms with van der Waals surface area (Å²) >= 11 is 7.85. The molecule has 2 N–H and O–H groups in total. The molecule has 0 bridgehead atoms. The van der Waals surface area contributed by atoms with E-state index in [1.165, 1.54) is 12.0 Å². The van der Waals surface area contributed by atoms with Crippen molar-refractivity contribution in [2.24, 2.45) is 11.1 Å². The molecule has 1 saturated carbocycles. The first kappa shape index (κ1) is 11.4. The maximum atomic E-state index is 6.23. The second-order valence-corrected chi connectivity index (χ2v) is 6.74. The van der Waals surface area contributed by atoms with E-state index in [4.69, 9.17) is 17.3 Å². The van der Waals surface area contributed by atoms with Crippen molar-refractivity contribution in [3.05, 3.63) is 21.3 Å². The van der Waals surface area contributed by atoms with E-state index in [1.54, 1.807) is 11.3 Å². The normalized spacial score (nSPS) is 30.4. The fraction of sp³-hybridized carbons (Fsp3) is 0.667. The first-order valence-electron chi connectivity index (χ1n) is 5.49. The molecule has 1 fully saturated rings. The van der Waals surface area contributed by atoms with Crippen molar-refractivity contribution in [3.8, 4) is 0 Å². The molecule has 15 heavy (non-hydrogen) atoms. The summed E-state index contributed by atoms with van der Waals surface area (Å²) in [7, 11) is 0. The van der Waals surface area contributed by atoms with Crippen molar-refractivity contribution in [1.82, 2.24) is 0 Å². The van der Waals surface area contributed by atoms with Crippen LogP contribution in [0.5, 0.6) is 0 Å². The third kappa shape index (κ3) is 2.22. The van der Waals surface area contributed by atoms with E-state index < -0.39 is 0 Å². The molecule has 2 rings (SSSR count). The fourth-order valence-electron chi connectivity index (χ4n) is 2.57. The summed E-state index contributed by atoms with van der Waals surface area (Å²) in [6, 6.07) is 2.51. The Morgan fingerprint density at radius 2 is 2.27 bits per heavy atom. The van der Waals surface area contributed by atoms with Crippen LogP contribution in [0.2, 0.25) is 4.34 Å². The van der Waals surface area contributed by atoms with Crippen molar-refractivity contribution in [1.29, 1.82) is 0 Å². The van der Waals surface area contributed by atoms with Crippen LogP contribution in [0.3, 0.4) is 0 Å². The first-order valence-corrected chi connectivity index (χ1v) is 6.75. The maximum absolute atomic E-state index is 6.23. The van der Waals surface area contributed by atoms with Crippen molar-refractivity contribution in [2.75, 3.05) is 0 Å². The van der Waals surface area contributed by atoms with Crippen LogP contribution < -0.4 is 5.73 Å². The first-order chi connectivity index (χ1) is 7.00. The largest absolute Gasteiger partial charge is 0.328 e. The molecule has 1 aliphatic carbocycles. The molecule has 0 amide bonds. The summed E-state index contributed by atoms with van der Waals surface area (Å²) in [5.41, 5.74) is 7.70. The average molecular weight is 244 g/mol. The monoisotopic (exact) mass is 243 g/mol. The zero-order valence-electron chi connectivity index (χ0n) is 9.29. The highest BCUT2D eigenvalue weighted by molar-refractivity contribution is 7.14. The van der Waals surface area contributed by atoms with Gasteiger partial charge in [-0.1, -0.05) is 25.4 Å². The molecule has 3 heteroatoms. The Morgan fingerprint density at radius 3 is 2.87 bits per heavy atom. The van der Waals surface area contributed by atoms with Gasteiger partial charge in [0.05, 0.1) is 4.34 Å². The van der Waals surface area contributed by atoms with Gasteiger partial charge in [0.25, 0.3) is 0 Å². The van der Waals surface area contributed by atoms with Gasteiger partial charge in [0.2, 0.25) is 0 Å². The lowest BCUT2D eigenvalue weighted by atomic mass is 9.65. The van der Waals surface area contributed by atoms with E-state index in [-0.39, 0.29) is 0 Å². The van der Waals surface area contributed by atoms with Gasteiger partial charge >= 0.3 is 0 Å². The van der Waals surface area contributed by atoms with E-state index in [0.29, 0.717) is 17.4 Å². The van der Waals surface area contributed by atoms with Crippen LogP contribution in [-0.2, 0) is 0 Å². The van der Waals surface area contributed by atoms with E-state index in [2.05, 4.69) is 25.3 Å². The van der Waals surface area contributed by atoms with E-state index in [9.17, 15) is 0 Å². The molecule has 0 saturated heterocycles. The Kier molecular flexibility index (Phi) is 3.11. The predicted octanol–water partition coefficient (Wildman–Crippen LogP) is 4.02. The van der Waals surface area contributed by atoms with Crippen LogP contribution in [0.15, 0.2) is 11.4 Å². The minimum atomic E-state index is 0.334. The Balaban J connectivity index is 2.29. The van der Waals surface area contributed by atoms with Crippen molar-refractivity contribution in [3.63, 3.8) is 0 Å². The SMILES string of the molecule is CC1(C)CCC(N)CC1c1ccsc1Cl. The lowest BCUT2D eigenvalue weighted by Gasteiger charge is -2.41. The van der Waals surface area contributed by atoms with E-state index >= 15 is 0 Å². The molecule has 1 nitrogen and oxygen atoms in total. The summed E-state index contributed by atoms with van der Waals surface area (Å²) in [5.74, 6) is 0.528. The van der Waals surface area contributed by atoms with Crippen molar-refractivity contribution >= 4 is 22.9 Å². The van der Waals surface area contributed by atoms with Gasteiger partial charge in [-0.2, -0.15) is 0 Å². The van der Waals surface area contributed by atoms with Crippen LogP contribution in [-0.4, -0.2) is 6.04 Å². The highest BCUT2D eigenvalue weighted by Crippen LogP contribution is 2.49. The molecular weight excluding hydrogens is 226 g/mol. The highest BCUT2D eigenvalue weighted by Gasteiger charge is 2.37. The molecule has 0 radical (unpaired) electrons. The molecule has 1 aromatic rings. The molecule has 2 atom stereocenters. The van der Waals surface area contributed by atoms with E-state index in [1.807, 2.05) is 0 Å². The summed E-state index contributed by atoms with van der Waals surface area (Å²) < 4.78 is 0.946. The number of thiophene rings is 1. The molecule has 84 valence electrons. The lowest BCUT2D eigenvalue weighted by molar-refractivity contribution is 0.183. The highest BCUT2D eigenvalue weighted by atomic mass is 35.5. The van der Waals surface area contributed by atoms with Crippen molar-refractivity contribution in [2.45, 2.75) is 45.1 Å². The summed E-state index contributed by atoms with van der Waals surface area (Å²) in [4.78, 5) is 0. The Hall–Kier alpha value is -0.0500. The molecule has 0 spiro atoms. The van der Waals surface area contributed by atoms with Gasteiger partial charge in [0.1, 0.15) is 0 Å². The number of rotatable bonds is 1. The molecule has 1 heterocycles. The van der Waals surface area contributed by atoms with Gasteiger partial charge in [0, 0.05) is 6.04 Å². The molecule has 1 aliphatic rings. The third-order valence-electron chi connectivity index (χ3n) is 3.66. The van der Waals surface area contributed by atoms with Crippen LogP contribution >= 0.6 is 22.9 Å². The second kappa shape index (κ2) is 4.08. The Labute approximate surface area is 101 Å². The van der Waals surface area contributed by atoms with Crippen LogP contribution in [0, 0.1) is 5.41 Å². The molecule has 0 aliphatic heterocycles. The van der Waals surface area contributed by atoms with Gasteiger partial charge in [-0.3, -0.25) is 0 Å². The zero-order valence-corrected chi connectivity index (χ0v) is 10.9. The Morgan fingerprint density at radius 1 is 1.53 bits per heavy atom. The second-order valence-electron chi connectivity index (χ2n) is 5.23. The number of nitrogens with two attached hydrogens (primary N) is 1. The smallest absolute Gasteiger partial charge is 0.0963 e. The number of hydrogen-bond acceptors (Lipinski definition) is 2. The molecule has 0 aromatic carbocycles. The summed E-state index contributed by atoms with van der Waals surface area (Å²) in [6.07, 6.45) is 3.42. The maximum Gasteiger partial charge on any atom is 0.0963 e. The predicted molar refractivity (Wildman–Crippen MR) is 67.7 cm³/mol. The van der Waals surface area contributed by atoms with Crippen LogP contribution in [0.4, 0.5) is 0 Å². The number of hydrogen-bond donors (Lipinski definition) is 1. The van der Waals surface area contributed by atoms with Crippen LogP contribution in [0.25, 0.3) is 0 Å². The topological polar surface area (TPSA) is 26.0 Å². The van der Waals surface area contributed by atoms with Gasteiger partial charge in [0.15, 0.2) is 0 Å². The quantitative estimate of drug-likeness (QED) is 0.792. The fourth-order valence-corrected chi connectivity index (χ4v) is 3.60. The molecule has 2 unspecified atom stereocenters. The average Bonchev–Trinajstić information content (AvgIpc) is 2.56. The van der Waals surface area contributed by atoms with Gasteiger partial charge < -0.3 is 5.73 Å². The lowest BCUT2D eigenvalue weighted by Crippen LogP contribution is -2.36. The van der Waals surface area contributed by atoms with E-state index in [0.717, 1.165) is 17.2 Å². The van der Waals surface area contributed by atoms with Crippen molar-refractivity contribution < 1.29 is 0 Å². The summed E-state index contributed by atoms with van der Waals surface area (Å²) in [5, 5.41) is 2.08. The van der Waals surface area contributed by atoms with Gasteiger partial charge in [-0.05, 0) is 47.6 Å². The minimum Gasteiger partial charge on any atom is -0.328 e. The number of halogens is 1. The molecular formula is C12H18ClNS. The van der Waals surface area contributed by atoms with Crippen LogP contribution in [0.1, 0.15) is 44.6 Å². The van der Waals surface area contributed by atoms with Gasteiger partial charge in [-0.15, -0.1) is 11.3 Å². The Bertz CT molecular complexity index is 345. The molecule has 1 aromatic heterocycles. The third-order valence-corrected chi connectivity index (χ3v) is 4.86. The minimum absolute atomic E-state index is 0.334. The summed E-state index contributed by atoms with van der Waals surface area (Å²) in [6.45, 7) is 4.66.